The molecule has 0 radical (unpaired) electrons. The van der Waals surface area contributed by atoms with Gasteiger partial charge in [0.15, 0.2) is 0 Å². The van der Waals surface area contributed by atoms with E-state index in [1.165, 1.54) is 12.8 Å². The molecule has 1 amide bonds. The summed E-state index contributed by atoms with van der Waals surface area (Å²) in [6, 6.07) is 9.96. The average Bonchev–Trinajstić information content (AvgIpc) is 3.05. The molecule has 1 aliphatic rings. The SMILES string of the molecule is CC1CCN(CC(=O)NCc2cnn(-c3ccccc3)c2)CC1. The number of likely N-dealkylation sites (tertiary alicyclic amines) is 1. The topological polar surface area (TPSA) is 50.2 Å². The zero-order valence-electron chi connectivity index (χ0n) is 13.6. The predicted molar refractivity (Wildman–Crippen MR) is 90.2 cm³/mol. The molecule has 5 nitrogen and oxygen atoms in total. The number of carbonyl (C=O) groups excluding carboxylic acids is 1. The first-order chi connectivity index (χ1) is 11.2. The van der Waals surface area contributed by atoms with Crippen LogP contribution in [0, 0.1) is 5.92 Å². The maximum atomic E-state index is 12.1. The largest absolute Gasteiger partial charge is 0.351 e. The Labute approximate surface area is 137 Å². The second-order valence-corrected chi connectivity index (χ2v) is 6.36. The van der Waals surface area contributed by atoms with Gasteiger partial charge in [-0.15, -0.1) is 0 Å². The Morgan fingerprint density at radius 1 is 1.26 bits per heavy atom. The standard InChI is InChI=1S/C18H24N4O/c1-15-7-9-21(10-8-15)14-18(23)19-11-16-12-20-22(13-16)17-5-3-2-4-6-17/h2-6,12-13,15H,7-11,14H2,1H3,(H,19,23). The number of benzene rings is 1. The Morgan fingerprint density at radius 2 is 2.00 bits per heavy atom. The summed E-state index contributed by atoms with van der Waals surface area (Å²) in [5.74, 6) is 0.880. The molecule has 23 heavy (non-hydrogen) atoms. The second kappa shape index (κ2) is 7.42. The van der Waals surface area contributed by atoms with Crippen molar-refractivity contribution in [3.8, 4) is 5.69 Å². The zero-order valence-corrected chi connectivity index (χ0v) is 13.6. The van der Waals surface area contributed by atoms with E-state index >= 15 is 0 Å². The average molecular weight is 312 g/mol. The number of aromatic nitrogens is 2. The highest BCUT2D eigenvalue weighted by atomic mass is 16.2. The van der Waals surface area contributed by atoms with E-state index < -0.39 is 0 Å². The first-order valence-electron chi connectivity index (χ1n) is 8.29. The number of nitrogens with one attached hydrogen (secondary N) is 1. The third kappa shape index (κ3) is 4.42. The lowest BCUT2D eigenvalue weighted by Gasteiger charge is -2.29. The number of carbonyl (C=O) groups is 1. The van der Waals surface area contributed by atoms with Crippen LogP contribution in [-0.2, 0) is 11.3 Å². The van der Waals surface area contributed by atoms with Gasteiger partial charge in [-0.05, 0) is 44.0 Å². The van der Waals surface area contributed by atoms with Crippen molar-refractivity contribution in [3.05, 3.63) is 48.3 Å². The van der Waals surface area contributed by atoms with E-state index in [-0.39, 0.29) is 5.91 Å². The summed E-state index contributed by atoms with van der Waals surface area (Å²) in [6.07, 6.45) is 6.14. The maximum Gasteiger partial charge on any atom is 0.234 e. The summed E-state index contributed by atoms with van der Waals surface area (Å²) in [6.45, 7) is 5.36. The zero-order chi connectivity index (χ0) is 16.1. The van der Waals surface area contributed by atoms with Crippen LogP contribution in [0.1, 0.15) is 25.3 Å². The molecule has 2 heterocycles. The lowest BCUT2D eigenvalue weighted by molar-refractivity contribution is -0.122. The molecule has 3 rings (SSSR count). The first-order valence-corrected chi connectivity index (χ1v) is 8.29. The number of piperidine rings is 1. The lowest BCUT2D eigenvalue weighted by atomic mass is 9.99. The second-order valence-electron chi connectivity index (χ2n) is 6.36. The fourth-order valence-corrected chi connectivity index (χ4v) is 2.85. The maximum absolute atomic E-state index is 12.1. The molecule has 1 aliphatic heterocycles. The molecule has 1 fully saturated rings. The Balaban J connectivity index is 1.47. The van der Waals surface area contributed by atoms with Gasteiger partial charge in [0, 0.05) is 18.3 Å². The summed E-state index contributed by atoms with van der Waals surface area (Å²) in [4.78, 5) is 14.3. The van der Waals surface area contributed by atoms with Gasteiger partial charge >= 0.3 is 0 Å². The molecule has 1 saturated heterocycles. The van der Waals surface area contributed by atoms with E-state index in [2.05, 4.69) is 22.2 Å². The van der Waals surface area contributed by atoms with Gasteiger partial charge in [0.05, 0.1) is 18.4 Å². The van der Waals surface area contributed by atoms with Crippen molar-refractivity contribution >= 4 is 5.91 Å². The van der Waals surface area contributed by atoms with Crippen molar-refractivity contribution < 1.29 is 4.79 Å². The molecular formula is C18H24N4O. The Hall–Kier alpha value is -2.14. The molecule has 1 N–H and O–H groups in total. The molecule has 1 aromatic carbocycles. The molecule has 5 heteroatoms. The van der Waals surface area contributed by atoms with Crippen LogP contribution in [0.25, 0.3) is 5.69 Å². The van der Waals surface area contributed by atoms with Crippen LogP contribution in [0.5, 0.6) is 0 Å². The fourth-order valence-electron chi connectivity index (χ4n) is 2.85. The highest BCUT2D eigenvalue weighted by Gasteiger charge is 2.17. The number of para-hydroxylation sites is 1. The minimum Gasteiger partial charge on any atom is -0.351 e. The summed E-state index contributed by atoms with van der Waals surface area (Å²) in [5.41, 5.74) is 2.03. The third-order valence-electron chi connectivity index (χ3n) is 4.39. The molecule has 0 atom stereocenters. The van der Waals surface area contributed by atoms with Crippen LogP contribution >= 0.6 is 0 Å². The van der Waals surface area contributed by atoms with Crippen molar-refractivity contribution in [3.63, 3.8) is 0 Å². The van der Waals surface area contributed by atoms with E-state index in [1.54, 1.807) is 6.20 Å². The molecule has 1 aromatic heterocycles. The van der Waals surface area contributed by atoms with Crippen LogP contribution in [0.2, 0.25) is 0 Å². The lowest BCUT2D eigenvalue weighted by Crippen LogP contribution is -2.40. The van der Waals surface area contributed by atoms with Gasteiger partial charge in [0.1, 0.15) is 0 Å². The van der Waals surface area contributed by atoms with Gasteiger partial charge in [0.2, 0.25) is 5.91 Å². The predicted octanol–water partition coefficient (Wildman–Crippen LogP) is 2.22. The molecule has 0 saturated carbocycles. The molecule has 0 unspecified atom stereocenters. The molecule has 0 spiro atoms. The summed E-state index contributed by atoms with van der Waals surface area (Å²) < 4.78 is 1.83. The Kier molecular flexibility index (Phi) is 5.08. The fraction of sp³-hybridized carbons (Fsp3) is 0.444. The van der Waals surface area contributed by atoms with Crippen LogP contribution in [0.3, 0.4) is 0 Å². The third-order valence-corrected chi connectivity index (χ3v) is 4.39. The van der Waals surface area contributed by atoms with Crippen LogP contribution in [0.15, 0.2) is 42.7 Å². The molecular weight excluding hydrogens is 288 g/mol. The number of nitrogens with zero attached hydrogens (tertiary/aromatic N) is 3. The normalized spacial score (nSPS) is 16.4. The van der Waals surface area contributed by atoms with E-state index in [4.69, 9.17) is 0 Å². The highest BCUT2D eigenvalue weighted by molar-refractivity contribution is 5.78. The summed E-state index contributed by atoms with van der Waals surface area (Å²) >= 11 is 0. The van der Waals surface area contributed by atoms with Crippen molar-refractivity contribution in [2.45, 2.75) is 26.3 Å². The van der Waals surface area contributed by atoms with Gasteiger partial charge in [-0.25, -0.2) is 4.68 Å². The molecule has 0 aliphatic carbocycles. The van der Waals surface area contributed by atoms with Crippen molar-refractivity contribution in [2.24, 2.45) is 5.92 Å². The van der Waals surface area contributed by atoms with Crippen LogP contribution in [-0.4, -0.2) is 40.2 Å². The van der Waals surface area contributed by atoms with Crippen molar-refractivity contribution in [1.29, 1.82) is 0 Å². The Morgan fingerprint density at radius 3 is 2.74 bits per heavy atom. The molecule has 2 aromatic rings. The van der Waals surface area contributed by atoms with Gasteiger partial charge in [-0.2, -0.15) is 5.10 Å². The smallest absolute Gasteiger partial charge is 0.234 e. The van der Waals surface area contributed by atoms with Gasteiger partial charge < -0.3 is 5.32 Å². The summed E-state index contributed by atoms with van der Waals surface area (Å²) in [5, 5.41) is 7.33. The van der Waals surface area contributed by atoms with Gasteiger partial charge in [0.25, 0.3) is 0 Å². The summed E-state index contributed by atoms with van der Waals surface area (Å²) in [7, 11) is 0. The van der Waals surface area contributed by atoms with Crippen molar-refractivity contribution in [2.75, 3.05) is 19.6 Å². The quantitative estimate of drug-likeness (QED) is 0.921. The van der Waals surface area contributed by atoms with Crippen molar-refractivity contribution in [1.82, 2.24) is 20.0 Å². The monoisotopic (exact) mass is 312 g/mol. The Bertz CT molecular complexity index is 629. The van der Waals surface area contributed by atoms with Gasteiger partial charge in [-0.3, -0.25) is 9.69 Å². The number of hydrogen-bond donors (Lipinski definition) is 1. The number of rotatable bonds is 5. The van der Waals surface area contributed by atoms with E-state index in [0.717, 1.165) is 30.3 Å². The first kappa shape index (κ1) is 15.7. The van der Waals surface area contributed by atoms with Crippen LogP contribution < -0.4 is 5.32 Å². The van der Waals surface area contributed by atoms with Crippen LogP contribution in [0.4, 0.5) is 0 Å². The number of hydrogen-bond acceptors (Lipinski definition) is 3. The molecule has 122 valence electrons. The van der Waals surface area contributed by atoms with E-state index in [0.29, 0.717) is 13.1 Å². The highest BCUT2D eigenvalue weighted by Crippen LogP contribution is 2.15. The van der Waals surface area contributed by atoms with Gasteiger partial charge in [-0.1, -0.05) is 25.1 Å². The van der Waals surface area contributed by atoms with E-state index in [9.17, 15) is 4.79 Å². The molecule has 0 bridgehead atoms. The minimum absolute atomic E-state index is 0.0898. The minimum atomic E-state index is 0.0898. The van der Waals surface area contributed by atoms with E-state index in [1.807, 2.05) is 41.2 Å². The number of amides is 1.